The number of hydrogen-bond acceptors (Lipinski definition) is 5. The maximum atomic E-state index is 13.0. The van der Waals surface area contributed by atoms with Crippen molar-refractivity contribution in [2.75, 3.05) is 46.3 Å². The highest BCUT2D eigenvalue weighted by atomic mass is 19.4. The van der Waals surface area contributed by atoms with Crippen LogP contribution in [0.2, 0.25) is 0 Å². The van der Waals surface area contributed by atoms with E-state index in [2.05, 4.69) is 53.4 Å². The molecule has 3 fully saturated rings. The molecule has 0 bridgehead atoms. The average molecular weight is 757 g/mol. The Labute approximate surface area is 310 Å². The molecule has 0 unspecified atom stereocenters. The maximum absolute atomic E-state index is 13.0. The summed E-state index contributed by atoms with van der Waals surface area (Å²) in [6.07, 6.45) is -1.38. The molecule has 54 heavy (non-hydrogen) atoms. The zero-order valence-corrected chi connectivity index (χ0v) is 30.3. The van der Waals surface area contributed by atoms with E-state index in [4.69, 9.17) is 10.1 Å². The molecule has 3 aliphatic rings. The smallest absolute Gasteiger partial charge is 0.403 e. The van der Waals surface area contributed by atoms with E-state index < -0.39 is 62.1 Å². The minimum atomic E-state index is -4.77. The average Bonchev–Trinajstić information content (AvgIpc) is 3.09. The molecule has 1 saturated carbocycles. The number of fused-ring (bicyclic) bond motifs is 2. The highest BCUT2D eigenvalue weighted by molar-refractivity contribution is 6.04. The molecule has 7 nitrogen and oxygen atoms in total. The third kappa shape index (κ3) is 8.67. The van der Waals surface area contributed by atoms with Gasteiger partial charge < -0.3 is 15.3 Å². The Kier molecular flexibility index (Phi) is 11.6. The lowest BCUT2D eigenvalue weighted by Gasteiger charge is -2.56. The van der Waals surface area contributed by atoms with Gasteiger partial charge in [0.15, 0.2) is 0 Å². The van der Waals surface area contributed by atoms with E-state index in [0.29, 0.717) is 11.8 Å². The fourth-order valence-corrected chi connectivity index (χ4v) is 8.41. The van der Waals surface area contributed by atoms with E-state index in [9.17, 15) is 35.9 Å². The Hall–Kier alpha value is -4.23. The number of rotatable bonds is 10. The molecule has 0 radical (unpaired) electrons. The Bertz CT molecular complexity index is 1960. The number of piperidine rings is 1. The summed E-state index contributed by atoms with van der Waals surface area (Å²) < 4.78 is 75.4. The number of benzene rings is 3. The monoisotopic (exact) mass is 756 g/mol. The van der Waals surface area contributed by atoms with Gasteiger partial charge in [0, 0.05) is 43.7 Å². The van der Waals surface area contributed by atoms with Gasteiger partial charge in [0.2, 0.25) is 5.91 Å². The first-order valence-electron chi connectivity index (χ1n) is 18.5. The second kappa shape index (κ2) is 15.9. The van der Waals surface area contributed by atoms with Crippen LogP contribution in [0.25, 0.3) is 32.8 Å². The number of amides is 1. The van der Waals surface area contributed by atoms with Crippen LogP contribution in [-0.4, -0.2) is 90.4 Å². The number of carbonyl (C=O) groups excluding carboxylic acids is 1. The standard InChI is InChI=1S/C31H32N2O2.C10H14F6N2O/c34-29(35)13-12-23-6-1-8-26-25(23)7-2-9-27(26)30-28-19-22(10-11-24(28)14-17-32-30)5-3-18-33-20-31(21-33)15-4-16-31;1-17-7(19)8(10(14,15)16)2-4-18(5-3-8)6-9(11,12)13/h1-2,6-11,14,17,19H,3-5,12-13,15-16,18,20-21H2,(H,34,35);2-6H2,1H3,(H,17,19). The van der Waals surface area contributed by atoms with Crippen LogP contribution in [0.4, 0.5) is 26.3 Å². The summed E-state index contributed by atoms with van der Waals surface area (Å²) in [5.74, 6) is -1.95. The molecule has 1 spiro atoms. The van der Waals surface area contributed by atoms with Crippen molar-refractivity contribution in [2.24, 2.45) is 10.8 Å². The van der Waals surface area contributed by atoms with Gasteiger partial charge in [-0.25, -0.2) is 0 Å². The van der Waals surface area contributed by atoms with Gasteiger partial charge in [-0.05, 0) is 109 Å². The SMILES string of the molecule is CNC(=O)C1(C(F)(F)F)CCN(CC(F)(F)F)CC1.O=C(O)CCc1cccc2c(-c3nccc4ccc(CCCN5CC6(CCC6)C5)cc34)cccc12. The number of nitrogens with one attached hydrogen (secondary N) is 1. The molecule has 4 aromatic rings. The maximum Gasteiger partial charge on any atom is 0.403 e. The second-order valence-electron chi connectivity index (χ2n) is 15.1. The number of carboxylic acid groups (broad SMARTS) is 1. The van der Waals surface area contributed by atoms with E-state index in [1.54, 1.807) is 0 Å². The third-order valence-electron chi connectivity index (χ3n) is 11.5. The number of carboxylic acids is 1. The molecule has 2 N–H and O–H groups in total. The van der Waals surface area contributed by atoms with E-state index in [1.807, 2.05) is 23.6 Å². The molecule has 3 heterocycles. The van der Waals surface area contributed by atoms with Crippen molar-refractivity contribution in [1.29, 1.82) is 0 Å². The summed E-state index contributed by atoms with van der Waals surface area (Å²) in [5, 5.41) is 15.7. The zero-order valence-electron chi connectivity index (χ0n) is 30.3. The Morgan fingerprint density at radius 1 is 0.852 bits per heavy atom. The minimum Gasteiger partial charge on any atom is -0.481 e. The molecule has 7 rings (SSSR count). The van der Waals surface area contributed by atoms with Gasteiger partial charge in [0.1, 0.15) is 5.41 Å². The van der Waals surface area contributed by atoms with Crippen molar-refractivity contribution in [3.8, 4) is 11.3 Å². The molecule has 1 aliphatic carbocycles. The predicted molar refractivity (Wildman–Crippen MR) is 196 cm³/mol. The quantitative estimate of drug-likeness (QED) is 0.158. The number of alkyl halides is 6. The number of likely N-dealkylation sites (tertiary alicyclic amines) is 2. The number of carbonyl (C=O) groups is 2. The van der Waals surface area contributed by atoms with Gasteiger partial charge in [0.25, 0.3) is 0 Å². The minimum absolute atomic E-state index is 0.137. The Morgan fingerprint density at radius 3 is 2.19 bits per heavy atom. The lowest BCUT2D eigenvalue weighted by atomic mass is 9.63. The lowest BCUT2D eigenvalue weighted by molar-refractivity contribution is -0.235. The van der Waals surface area contributed by atoms with Gasteiger partial charge in [-0.3, -0.25) is 19.5 Å². The summed E-state index contributed by atoms with van der Waals surface area (Å²) in [5.41, 5.74) is 2.67. The van der Waals surface area contributed by atoms with Gasteiger partial charge in [-0.15, -0.1) is 0 Å². The van der Waals surface area contributed by atoms with Crippen molar-refractivity contribution < 1.29 is 41.0 Å². The van der Waals surface area contributed by atoms with Crippen molar-refractivity contribution in [2.45, 2.75) is 70.1 Å². The number of pyridine rings is 1. The van der Waals surface area contributed by atoms with Crippen molar-refractivity contribution in [1.82, 2.24) is 20.1 Å². The topological polar surface area (TPSA) is 85.8 Å². The van der Waals surface area contributed by atoms with Crippen LogP contribution < -0.4 is 5.32 Å². The van der Waals surface area contributed by atoms with Crippen LogP contribution in [0.3, 0.4) is 0 Å². The summed E-state index contributed by atoms with van der Waals surface area (Å²) in [4.78, 5) is 30.9. The van der Waals surface area contributed by atoms with Crippen molar-refractivity contribution >= 4 is 33.4 Å². The van der Waals surface area contributed by atoms with E-state index in [0.717, 1.165) is 46.0 Å². The number of nitrogens with zero attached hydrogens (tertiary/aromatic N) is 3. The van der Waals surface area contributed by atoms with Crippen LogP contribution >= 0.6 is 0 Å². The Morgan fingerprint density at radius 2 is 1.56 bits per heavy atom. The van der Waals surface area contributed by atoms with Gasteiger partial charge >= 0.3 is 18.3 Å². The summed E-state index contributed by atoms with van der Waals surface area (Å²) >= 11 is 0. The molecule has 290 valence electrons. The summed E-state index contributed by atoms with van der Waals surface area (Å²) in [6.45, 7) is 1.75. The molecular weight excluding hydrogens is 710 g/mol. The number of hydrogen-bond donors (Lipinski definition) is 2. The molecule has 13 heteroatoms. The first-order chi connectivity index (χ1) is 25.6. The fourth-order valence-electron chi connectivity index (χ4n) is 8.41. The molecular formula is C41H46F6N4O3. The second-order valence-corrected chi connectivity index (χ2v) is 15.1. The molecule has 0 atom stereocenters. The van der Waals surface area contributed by atoms with Crippen LogP contribution in [0.1, 0.15) is 56.1 Å². The van der Waals surface area contributed by atoms with E-state index >= 15 is 0 Å². The lowest BCUT2D eigenvalue weighted by Crippen LogP contribution is -2.59. The number of aliphatic carboxylic acids is 1. The van der Waals surface area contributed by atoms with Gasteiger partial charge in [0.05, 0.1) is 12.2 Å². The number of halogens is 6. The Balaban J connectivity index is 0.000000223. The molecule has 3 aromatic carbocycles. The molecule has 1 aromatic heterocycles. The molecule has 2 aliphatic heterocycles. The highest BCUT2D eigenvalue weighted by Crippen LogP contribution is 2.48. The number of aromatic nitrogens is 1. The third-order valence-corrected chi connectivity index (χ3v) is 11.5. The van der Waals surface area contributed by atoms with Gasteiger partial charge in [-0.2, -0.15) is 26.3 Å². The zero-order chi connectivity index (χ0) is 38.7. The van der Waals surface area contributed by atoms with Crippen molar-refractivity contribution in [3.05, 3.63) is 78.0 Å². The van der Waals surface area contributed by atoms with Crippen LogP contribution in [0, 0.1) is 10.8 Å². The first kappa shape index (κ1) is 39.5. The molecule has 2 saturated heterocycles. The van der Waals surface area contributed by atoms with E-state index in [-0.39, 0.29) is 6.42 Å². The van der Waals surface area contributed by atoms with Gasteiger partial charge in [-0.1, -0.05) is 55.0 Å². The first-order valence-corrected chi connectivity index (χ1v) is 18.5. The molecule has 1 amide bonds. The van der Waals surface area contributed by atoms with Crippen LogP contribution in [0.15, 0.2) is 66.9 Å². The normalized spacial score (nSPS) is 18.4. The predicted octanol–water partition coefficient (Wildman–Crippen LogP) is 8.43. The highest BCUT2D eigenvalue weighted by Gasteiger charge is 2.60. The van der Waals surface area contributed by atoms with Crippen LogP contribution in [-0.2, 0) is 22.4 Å². The van der Waals surface area contributed by atoms with Crippen LogP contribution in [0.5, 0.6) is 0 Å². The largest absolute Gasteiger partial charge is 0.481 e. The fraction of sp³-hybridized carbons (Fsp3) is 0.488. The summed E-state index contributed by atoms with van der Waals surface area (Å²) in [7, 11) is 1.08. The summed E-state index contributed by atoms with van der Waals surface area (Å²) in [6, 6.07) is 21.4. The van der Waals surface area contributed by atoms with E-state index in [1.165, 1.54) is 61.7 Å². The van der Waals surface area contributed by atoms with Crippen molar-refractivity contribution in [3.63, 3.8) is 0 Å². The number of aryl methyl sites for hydroxylation is 2.